The van der Waals surface area contributed by atoms with Crippen LogP contribution in [0.1, 0.15) is 28.7 Å². The molecule has 0 amide bonds. The van der Waals surface area contributed by atoms with Gasteiger partial charge in [-0.25, -0.2) is 0 Å². The fraction of sp³-hybridized carbons (Fsp3) is 0.357. The molecule has 0 aliphatic heterocycles. The SMILES string of the molecule is CCC(Sc1nnc(C)s1)C(=O)c1ccc(OC)cc1. The minimum absolute atomic E-state index is 0.119. The molecule has 106 valence electrons. The first-order valence-corrected chi connectivity index (χ1v) is 7.98. The van der Waals surface area contributed by atoms with Gasteiger partial charge in [0.25, 0.3) is 0 Å². The van der Waals surface area contributed by atoms with Gasteiger partial charge in [-0.2, -0.15) is 0 Å². The molecule has 0 radical (unpaired) electrons. The summed E-state index contributed by atoms with van der Waals surface area (Å²) in [5, 5.41) is 8.83. The number of ether oxygens (including phenoxy) is 1. The molecule has 0 saturated heterocycles. The van der Waals surface area contributed by atoms with Crippen molar-refractivity contribution in [3.63, 3.8) is 0 Å². The number of hydrogen-bond acceptors (Lipinski definition) is 6. The summed E-state index contributed by atoms with van der Waals surface area (Å²) >= 11 is 3.01. The van der Waals surface area contributed by atoms with Crippen molar-refractivity contribution in [3.05, 3.63) is 34.8 Å². The summed E-state index contributed by atoms with van der Waals surface area (Å²) in [6, 6.07) is 7.21. The third kappa shape index (κ3) is 3.58. The van der Waals surface area contributed by atoms with E-state index in [1.807, 2.05) is 13.8 Å². The molecule has 0 N–H and O–H groups in total. The van der Waals surface area contributed by atoms with Crippen LogP contribution >= 0.6 is 23.1 Å². The number of benzene rings is 1. The highest BCUT2D eigenvalue weighted by molar-refractivity contribution is 8.02. The van der Waals surface area contributed by atoms with E-state index in [1.165, 1.54) is 23.1 Å². The molecule has 0 fully saturated rings. The number of methoxy groups -OCH3 is 1. The van der Waals surface area contributed by atoms with Crippen molar-refractivity contribution in [2.24, 2.45) is 0 Å². The van der Waals surface area contributed by atoms with Crippen LogP contribution < -0.4 is 4.74 Å². The monoisotopic (exact) mass is 308 g/mol. The van der Waals surface area contributed by atoms with Crippen LogP contribution in [-0.2, 0) is 0 Å². The summed E-state index contributed by atoms with van der Waals surface area (Å²) in [4.78, 5) is 12.5. The number of aromatic nitrogens is 2. The van der Waals surface area contributed by atoms with E-state index in [2.05, 4.69) is 10.2 Å². The number of ketones is 1. The standard InChI is InChI=1S/C14H16N2O2S2/c1-4-12(20-14-16-15-9(2)19-14)13(17)10-5-7-11(18-3)8-6-10/h5-8,12H,4H2,1-3H3. The van der Waals surface area contributed by atoms with E-state index in [1.54, 1.807) is 31.4 Å². The van der Waals surface area contributed by atoms with Crippen molar-refractivity contribution in [1.82, 2.24) is 10.2 Å². The van der Waals surface area contributed by atoms with Crippen LogP contribution in [0.2, 0.25) is 0 Å². The Balaban J connectivity index is 2.11. The van der Waals surface area contributed by atoms with E-state index in [-0.39, 0.29) is 11.0 Å². The Labute approximate surface area is 126 Å². The van der Waals surface area contributed by atoms with Gasteiger partial charge in [-0.3, -0.25) is 4.79 Å². The first-order valence-electron chi connectivity index (χ1n) is 6.29. The Bertz CT molecular complexity index is 581. The van der Waals surface area contributed by atoms with Crippen LogP contribution in [-0.4, -0.2) is 28.3 Å². The number of Topliss-reactive ketones (excluding diaryl/α,β-unsaturated/α-hetero) is 1. The predicted octanol–water partition coefficient (Wildman–Crippen LogP) is 3.61. The third-order valence-corrected chi connectivity index (χ3v) is 5.08. The molecule has 0 bridgehead atoms. The predicted molar refractivity (Wildman–Crippen MR) is 81.9 cm³/mol. The Morgan fingerprint density at radius 2 is 2.05 bits per heavy atom. The number of aryl methyl sites for hydroxylation is 1. The smallest absolute Gasteiger partial charge is 0.176 e. The molecular formula is C14H16N2O2S2. The van der Waals surface area contributed by atoms with Gasteiger partial charge in [0.05, 0.1) is 12.4 Å². The van der Waals surface area contributed by atoms with Crippen molar-refractivity contribution in [3.8, 4) is 5.75 Å². The zero-order valence-electron chi connectivity index (χ0n) is 11.6. The molecule has 6 heteroatoms. The second kappa shape index (κ2) is 6.85. The van der Waals surface area contributed by atoms with Gasteiger partial charge >= 0.3 is 0 Å². The second-order valence-corrected chi connectivity index (χ2v) is 6.83. The molecule has 1 atom stereocenters. The number of rotatable bonds is 6. The van der Waals surface area contributed by atoms with Crippen LogP contribution in [0.15, 0.2) is 28.6 Å². The van der Waals surface area contributed by atoms with Crippen molar-refractivity contribution in [1.29, 1.82) is 0 Å². The van der Waals surface area contributed by atoms with Crippen LogP contribution in [0.5, 0.6) is 5.75 Å². The maximum atomic E-state index is 12.5. The second-order valence-electron chi connectivity index (χ2n) is 4.19. The first kappa shape index (κ1) is 15.0. The summed E-state index contributed by atoms with van der Waals surface area (Å²) in [5.41, 5.74) is 0.700. The fourth-order valence-electron chi connectivity index (χ4n) is 1.71. The zero-order valence-corrected chi connectivity index (χ0v) is 13.3. The lowest BCUT2D eigenvalue weighted by molar-refractivity contribution is 0.0988. The largest absolute Gasteiger partial charge is 0.497 e. The molecule has 4 nitrogen and oxygen atoms in total. The lowest BCUT2D eigenvalue weighted by Crippen LogP contribution is -2.16. The minimum atomic E-state index is -0.129. The zero-order chi connectivity index (χ0) is 14.5. The van der Waals surface area contributed by atoms with Crippen molar-refractivity contribution in [2.75, 3.05) is 7.11 Å². The number of carbonyl (C=O) groups excluding carboxylic acids is 1. The highest BCUT2D eigenvalue weighted by Crippen LogP contribution is 2.30. The molecule has 0 aliphatic rings. The van der Waals surface area contributed by atoms with Gasteiger partial charge in [0, 0.05) is 5.56 Å². The average molecular weight is 308 g/mol. The fourth-order valence-corrected chi connectivity index (χ4v) is 3.77. The first-order chi connectivity index (χ1) is 9.63. The third-order valence-electron chi connectivity index (χ3n) is 2.79. The summed E-state index contributed by atoms with van der Waals surface area (Å²) in [7, 11) is 1.61. The van der Waals surface area contributed by atoms with Crippen LogP contribution in [0, 0.1) is 6.92 Å². The quantitative estimate of drug-likeness (QED) is 0.603. The van der Waals surface area contributed by atoms with Gasteiger partial charge < -0.3 is 4.74 Å². The lowest BCUT2D eigenvalue weighted by atomic mass is 10.1. The molecule has 0 spiro atoms. The van der Waals surface area contributed by atoms with Gasteiger partial charge in [0.1, 0.15) is 10.8 Å². The Morgan fingerprint density at radius 3 is 2.55 bits per heavy atom. The van der Waals surface area contributed by atoms with Crippen molar-refractivity contribution >= 4 is 28.9 Å². The van der Waals surface area contributed by atoms with E-state index in [4.69, 9.17) is 4.74 Å². The Hall–Kier alpha value is -1.40. The van der Waals surface area contributed by atoms with Gasteiger partial charge in [-0.1, -0.05) is 30.0 Å². The average Bonchev–Trinajstić information content (AvgIpc) is 2.89. The molecule has 2 rings (SSSR count). The Morgan fingerprint density at radius 1 is 1.35 bits per heavy atom. The maximum Gasteiger partial charge on any atom is 0.176 e. The molecule has 1 heterocycles. The van der Waals surface area contributed by atoms with Gasteiger partial charge in [0.2, 0.25) is 0 Å². The summed E-state index contributed by atoms with van der Waals surface area (Å²) in [6.07, 6.45) is 0.758. The molecular weight excluding hydrogens is 292 g/mol. The number of hydrogen-bond donors (Lipinski definition) is 0. The van der Waals surface area contributed by atoms with E-state index >= 15 is 0 Å². The van der Waals surface area contributed by atoms with E-state index in [9.17, 15) is 4.79 Å². The van der Waals surface area contributed by atoms with Gasteiger partial charge in [-0.15, -0.1) is 10.2 Å². The highest BCUT2D eigenvalue weighted by Gasteiger charge is 2.21. The molecule has 2 aromatic rings. The van der Waals surface area contributed by atoms with E-state index < -0.39 is 0 Å². The topological polar surface area (TPSA) is 52.1 Å². The molecule has 0 aliphatic carbocycles. The summed E-state index contributed by atoms with van der Waals surface area (Å²) in [5.74, 6) is 0.870. The van der Waals surface area contributed by atoms with E-state index in [0.717, 1.165) is 21.5 Å². The minimum Gasteiger partial charge on any atom is -0.497 e. The maximum absolute atomic E-state index is 12.5. The molecule has 1 unspecified atom stereocenters. The van der Waals surface area contributed by atoms with Crippen molar-refractivity contribution < 1.29 is 9.53 Å². The summed E-state index contributed by atoms with van der Waals surface area (Å²) < 4.78 is 5.94. The molecule has 1 aromatic heterocycles. The Kier molecular flexibility index (Phi) is 5.14. The van der Waals surface area contributed by atoms with Gasteiger partial charge in [0.15, 0.2) is 10.1 Å². The highest BCUT2D eigenvalue weighted by atomic mass is 32.2. The van der Waals surface area contributed by atoms with Crippen molar-refractivity contribution in [2.45, 2.75) is 29.9 Å². The summed E-state index contributed by atoms with van der Waals surface area (Å²) in [6.45, 7) is 3.92. The van der Waals surface area contributed by atoms with Crippen LogP contribution in [0.4, 0.5) is 0 Å². The molecule has 1 aromatic carbocycles. The number of thioether (sulfide) groups is 1. The van der Waals surface area contributed by atoms with Crippen LogP contribution in [0.25, 0.3) is 0 Å². The van der Waals surface area contributed by atoms with Crippen LogP contribution in [0.3, 0.4) is 0 Å². The lowest BCUT2D eigenvalue weighted by Gasteiger charge is -2.11. The number of carbonyl (C=O) groups is 1. The normalized spacial score (nSPS) is 12.2. The molecule has 0 saturated carbocycles. The van der Waals surface area contributed by atoms with Gasteiger partial charge in [-0.05, 0) is 37.6 Å². The number of nitrogens with zero attached hydrogens (tertiary/aromatic N) is 2. The molecule has 20 heavy (non-hydrogen) atoms. The van der Waals surface area contributed by atoms with E-state index in [0.29, 0.717) is 5.56 Å².